The lowest BCUT2D eigenvalue weighted by Gasteiger charge is -2.39. The second kappa shape index (κ2) is 9.32. The highest BCUT2D eigenvalue weighted by molar-refractivity contribution is 7.98. The topological polar surface area (TPSA) is 15.3 Å². The molecular formula is C17H34N2S. The molecule has 3 heteroatoms. The Kier molecular flexibility index (Phi) is 7.75. The lowest BCUT2D eigenvalue weighted by atomic mass is 9.96. The van der Waals surface area contributed by atoms with Gasteiger partial charge in [0.05, 0.1) is 0 Å². The van der Waals surface area contributed by atoms with Gasteiger partial charge in [-0.15, -0.1) is 0 Å². The summed E-state index contributed by atoms with van der Waals surface area (Å²) < 4.78 is 0. The van der Waals surface area contributed by atoms with Crippen LogP contribution in [0.2, 0.25) is 0 Å². The second-order valence-corrected chi connectivity index (χ2v) is 7.64. The third kappa shape index (κ3) is 4.92. The van der Waals surface area contributed by atoms with E-state index >= 15 is 0 Å². The zero-order valence-electron chi connectivity index (χ0n) is 13.6. The number of nitrogens with one attached hydrogen (secondary N) is 1. The van der Waals surface area contributed by atoms with Gasteiger partial charge in [0.1, 0.15) is 0 Å². The molecule has 1 N–H and O–H groups in total. The van der Waals surface area contributed by atoms with E-state index in [-0.39, 0.29) is 0 Å². The molecule has 0 aliphatic carbocycles. The highest BCUT2D eigenvalue weighted by Crippen LogP contribution is 2.35. The standard InChI is InChI=1S/C17H34N2S/c1-3-10-18-15-13-16-8-9-17(14-15)19(16)11-6-4-5-7-12-20-2/h15-18H,3-14H2,1-2H3. The van der Waals surface area contributed by atoms with E-state index in [1.807, 2.05) is 11.8 Å². The van der Waals surface area contributed by atoms with Crippen molar-refractivity contribution in [3.05, 3.63) is 0 Å². The molecule has 2 saturated heterocycles. The summed E-state index contributed by atoms with van der Waals surface area (Å²) in [7, 11) is 0. The van der Waals surface area contributed by atoms with Crippen molar-refractivity contribution in [3.63, 3.8) is 0 Å². The van der Waals surface area contributed by atoms with E-state index in [1.54, 1.807) is 0 Å². The summed E-state index contributed by atoms with van der Waals surface area (Å²) in [4.78, 5) is 2.86. The molecule has 2 heterocycles. The Morgan fingerprint density at radius 3 is 2.40 bits per heavy atom. The first-order chi connectivity index (χ1) is 9.85. The van der Waals surface area contributed by atoms with Gasteiger partial charge in [-0.3, -0.25) is 4.90 Å². The van der Waals surface area contributed by atoms with Crippen LogP contribution in [0.1, 0.15) is 64.7 Å². The number of rotatable bonds is 10. The maximum Gasteiger partial charge on any atom is 0.0114 e. The average molecular weight is 299 g/mol. The van der Waals surface area contributed by atoms with Crippen molar-refractivity contribution in [2.24, 2.45) is 0 Å². The third-order valence-corrected chi connectivity index (χ3v) is 5.78. The van der Waals surface area contributed by atoms with Gasteiger partial charge in [-0.05, 0) is 70.0 Å². The van der Waals surface area contributed by atoms with Crippen LogP contribution in [0.15, 0.2) is 0 Å². The van der Waals surface area contributed by atoms with E-state index in [0.717, 1.165) is 18.1 Å². The molecule has 2 nitrogen and oxygen atoms in total. The molecule has 0 radical (unpaired) electrons. The minimum absolute atomic E-state index is 0.810. The van der Waals surface area contributed by atoms with E-state index in [1.165, 1.54) is 76.6 Å². The molecule has 2 fully saturated rings. The average Bonchev–Trinajstić information content (AvgIpc) is 2.70. The lowest BCUT2D eigenvalue weighted by Crippen LogP contribution is -2.49. The van der Waals surface area contributed by atoms with Gasteiger partial charge in [0.2, 0.25) is 0 Å². The van der Waals surface area contributed by atoms with Crippen LogP contribution in [0.4, 0.5) is 0 Å². The minimum Gasteiger partial charge on any atom is -0.314 e. The van der Waals surface area contributed by atoms with E-state index in [4.69, 9.17) is 0 Å². The van der Waals surface area contributed by atoms with Gasteiger partial charge in [0.15, 0.2) is 0 Å². The quantitative estimate of drug-likeness (QED) is 0.616. The molecule has 0 spiro atoms. The summed E-state index contributed by atoms with van der Waals surface area (Å²) in [6, 6.07) is 2.61. The Morgan fingerprint density at radius 2 is 1.75 bits per heavy atom. The van der Waals surface area contributed by atoms with Crippen LogP contribution < -0.4 is 5.32 Å². The van der Waals surface area contributed by atoms with Crippen LogP contribution in [0.5, 0.6) is 0 Å². The predicted octanol–water partition coefficient (Wildman–Crippen LogP) is 3.90. The molecule has 0 aromatic rings. The molecule has 2 atom stereocenters. The van der Waals surface area contributed by atoms with Crippen molar-refractivity contribution in [2.45, 2.75) is 82.8 Å². The normalized spacial score (nSPS) is 30.0. The largest absolute Gasteiger partial charge is 0.314 e. The molecule has 2 bridgehead atoms. The summed E-state index contributed by atoms with van der Waals surface area (Å²) in [5, 5.41) is 3.75. The monoisotopic (exact) mass is 298 g/mol. The van der Waals surface area contributed by atoms with Gasteiger partial charge >= 0.3 is 0 Å². The predicted molar refractivity (Wildman–Crippen MR) is 91.7 cm³/mol. The van der Waals surface area contributed by atoms with E-state index < -0.39 is 0 Å². The molecule has 0 saturated carbocycles. The summed E-state index contributed by atoms with van der Waals surface area (Å²) in [6.07, 6.45) is 14.9. The molecule has 2 aliphatic rings. The Hall–Kier alpha value is 0.270. The molecule has 2 unspecified atom stereocenters. The summed E-state index contributed by atoms with van der Waals surface area (Å²) in [6.45, 7) is 4.85. The fourth-order valence-electron chi connectivity index (χ4n) is 4.05. The van der Waals surface area contributed by atoms with Crippen LogP contribution in [-0.4, -0.2) is 48.1 Å². The highest BCUT2D eigenvalue weighted by Gasteiger charge is 2.39. The highest BCUT2D eigenvalue weighted by atomic mass is 32.2. The summed E-state index contributed by atoms with van der Waals surface area (Å²) >= 11 is 1.99. The zero-order chi connectivity index (χ0) is 14.2. The van der Waals surface area contributed by atoms with Gasteiger partial charge in [0, 0.05) is 18.1 Å². The molecule has 0 aromatic heterocycles. The maximum atomic E-state index is 3.75. The fourth-order valence-corrected chi connectivity index (χ4v) is 4.54. The molecular weight excluding hydrogens is 264 g/mol. The Morgan fingerprint density at radius 1 is 1.05 bits per heavy atom. The van der Waals surface area contributed by atoms with E-state index in [9.17, 15) is 0 Å². The summed E-state index contributed by atoms with van der Waals surface area (Å²) in [5.41, 5.74) is 0. The van der Waals surface area contributed by atoms with Crippen molar-refractivity contribution in [1.29, 1.82) is 0 Å². The Balaban J connectivity index is 1.62. The van der Waals surface area contributed by atoms with Crippen molar-refractivity contribution < 1.29 is 0 Å². The number of piperidine rings is 1. The number of hydrogen-bond acceptors (Lipinski definition) is 3. The number of hydrogen-bond donors (Lipinski definition) is 1. The number of thioether (sulfide) groups is 1. The summed E-state index contributed by atoms with van der Waals surface area (Å²) in [5.74, 6) is 1.35. The van der Waals surface area contributed by atoms with Crippen LogP contribution >= 0.6 is 11.8 Å². The maximum absolute atomic E-state index is 3.75. The van der Waals surface area contributed by atoms with Gasteiger partial charge < -0.3 is 5.32 Å². The molecule has 118 valence electrons. The smallest absolute Gasteiger partial charge is 0.0114 e. The number of unbranched alkanes of at least 4 members (excludes halogenated alkanes) is 3. The van der Waals surface area contributed by atoms with Crippen LogP contribution in [-0.2, 0) is 0 Å². The van der Waals surface area contributed by atoms with Gasteiger partial charge in [-0.2, -0.15) is 11.8 Å². The van der Waals surface area contributed by atoms with Crippen LogP contribution in [0, 0.1) is 0 Å². The third-order valence-electron chi connectivity index (χ3n) is 5.08. The Labute approximate surface area is 130 Å². The SMILES string of the molecule is CCCNC1CC2CCC(C1)N2CCCCCCSC. The first kappa shape index (κ1) is 16.6. The molecule has 0 amide bonds. The molecule has 2 rings (SSSR count). The van der Waals surface area contributed by atoms with Crippen LogP contribution in [0.3, 0.4) is 0 Å². The number of nitrogens with zero attached hydrogens (tertiary/aromatic N) is 1. The lowest BCUT2D eigenvalue weighted by molar-refractivity contribution is 0.114. The fraction of sp³-hybridized carbons (Fsp3) is 1.00. The first-order valence-electron chi connectivity index (χ1n) is 8.83. The zero-order valence-corrected chi connectivity index (χ0v) is 14.4. The van der Waals surface area contributed by atoms with Gasteiger partial charge in [0.25, 0.3) is 0 Å². The van der Waals surface area contributed by atoms with Crippen molar-refractivity contribution in [1.82, 2.24) is 10.2 Å². The number of fused-ring (bicyclic) bond motifs is 2. The minimum atomic E-state index is 0.810. The van der Waals surface area contributed by atoms with Crippen LogP contribution in [0.25, 0.3) is 0 Å². The van der Waals surface area contributed by atoms with Crippen molar-refractivity contribution >= 4 is 11.8 Å². The van der Waals surface area contributed by atoms with Crippen molar-refractivity contribution in [2.75, 3.05) is 25.1 Å². The molecule has 0 aromatic carbocycles. The molecule has 20 heavy (non-hydrogen) atoms. The van der Waals surface area contributed by atoms with Crippen molar-refractivity contribution in [3.8, 4) is 0 Å². The van der Waals surface area contributed by atoms with E-state index in [0.29, 0.717) is 0 Å². The second-order valence-electron chi connectivity index (χ2n) is 6.65. The van der Waals surface area contributed by atoms with E-state index in [2.05, 4.69) is 23.4 Å². The first-order valence-corrected chi connectivity index (χ1v) is 10.2. The molecule has 2 aliphatic heterocycles. The van der Waals surface area contributed by atoms with Gasteiger partial charge in [-0.25, -0.2) is 0 Å². The van der Waals surface area contributed by atoms with Gasteiger partial charge in [-0.1, -0.05) is 19.8 Å². The Bertz CT molecular complexity index is 245.